The third-order valence-corrected chi connectivity index (χ3v) is 10.5. The van der Waals surface area contributed by atoms with Gasteiger partial charge in [0.15, 0.2) is 0 Å². The first-order chi connectivity index (χ1) is 30.1. The van der Waals surface area contributed by atoms with Gasteiger partial charge in [0.05, 0.1) is 0 Å². The highest BCUT2D eigenvalue weighted by Crippen LogP contribution is 2.18. The van der Waals surface area contributed by atoms with Gasteiger partial charge < -0.3 is 11.5 Å². The van der Waals surface area contributed by atoms with E-state index >= 15 is 0 Å². The lowest BCUT2D eigenvalue weighted by Crippen LogP contribution is -2.04. The Labute approximate surface area is 395 Å². The second-order valence-electron chi connectivity index (χ2n) is 14.6. The van der Waals surface area contributed by atoms with Crippen LogP contribution in [0.1, 0.15) is 77.9 Å². The smallest absolute Gasteiger partial charge is 0.0263 e. The Hall–Kier alpha value is -5.06. The Morgan fingerprint density at radius 2 is 0.710 bits per heavy atom. The molecule has 6 rings (SSSR count). The van der Waals surface area contributed by atoms with Gasteiger partial charge in [0, 0.05) is 66.5 Å². The highest BCUT2D eigenvalue weighted by molar-refractivity contribution is 9.10. The molecule has 0 aliphatic rings. The van der Waals surface area contributed by atoms with Crippen LogP contribution in [0.5, 0.6) is 0 Å². The van der Waals surface area contributed by atoms with E-state index in [1.807, 2.05) is 60.7 Å². The molecule has 0 radical (unpaired) electrons. The lowest BCUT2D eigenvalue weighted by Gasteiger charge is -2.03. The number of hydrogen-bond donors (Lipinski definition) is 4. The molecule has 8 heteroatoms. The summed E-state index contributed by atoms with van der Waals surface area (Å²) < 4.78 is 2.03. The summed E-state index contributed by atoms with van der Waals surface area (Å²) >= 11 is 18.3. The Morgan fingerprint density at radius 1 is 0.403 bits per heavy atom. The zero-order valence-corrected chi connectivity index (χ0v) is 39.6. The summed E-state index contributed by atoms with van der Waals surface area (Å²) in [5.41, 5.74) is 26.2. The SMILES string of the molecule is Cc1cc(C#Cc2cccc(C#Cc3cc(Br)cc(CCN)c3)c2)cc(CCN)c1.Cc1cc(C#Cc2cccc(C#Cc3cc(Br)cc(CCNCl)c3)c2)cc(CCNCl)c1. The van der Waals surface area contributed by atoms with Crippen LogP contribution < -0.4 is 21.1 Å². The molecule has 0 unspecified atom stereocenters. The summed E-state index contributed by atoms with van der Waals surface area (Å²) in [5, 5.41) is 0. The molecule has 0 saturated carbocycles. The molecule has 0 spiro atoms. The fraction of sp³-hybridized carbons (Fsp3) is 0.185. The van der Waals surface area contributed by atoms with E-state index in [1.54, 1.807) is 0 Å². The van der Waals surface area contributed by atoms with Crippen molar-refractivity contribution in [3.63, 3.8) is 0 Å². The predicted octanol–water partition coefficient (Wildman–Crippen LogP) is 10.7. The van der Waals surface area contributed by atoms with Gasteiger partial charge >= 0.3 is 0 Å². The quantitative estimate of drug-likeness (QED) is 0.0815. The van der Waals surface area contributed by atoms with Crippen molar-refractivity contribution < 1.29 is 0 Å². The normalized spacial score (nSPS) is 10.1. The van der Waals surface area contributed by atoms with Crippen molar-refractivity contribution in [1.82, 2.24) is 9.67 Å². The molecule has 4 nitrogen and oxygen atoms in total. The predicted molar refractivity (Wildman–Crippen MR) is 268 cm³/mol. The van der Waals surface area contributed by atoms with E-state index < -0.39 is 0 Å². The molecule has 6 aromatic rings. The Balaban J connectivity index is 0.000000235. The zero-order valence-electron chi connectivity index (χ0n) is 34.9. The molecule has 0 aliphatic heterocycles. The molecule has 0 aromatic heterocycles. The molecule has 6 aromatic carbocycles. The molecule has 0 fully saturated rings. The Morgan fingerprint density at radius 3 is 1.06 bits per heavy atom. The van der Waals surface area contributed by atoms with Crippen molar-refractivity contribution in [2.24, 2.45) is 11.5 Å². The highest BCUT2D eigenvalue weighted by Gasteiger charge is 2.02. The van der Waals surface area contributed by atoms with Crippen molar-refractivity contribution in [2.45, 2.75) is 39.5 Å². The lowest BCUT2D eigenvalue weighted by atomic mass is 10.0. The Kier molecular flexibility index (Phi) is 19.9. The number of rotatable bonds is 10. The second-order valence-corrected chi connectivity index (χ2v) is 17.0. The average molecular weight is 984 g/mol. The number of benzene rings is 6. The fourth-order valence-corrected chi connectivity index (χ4v) is 7.81. The summed E-state index contributed by atoms with van der Waals surface area (Å²) in [4.78, 5) is 5.33. The van der Waals surface area contributed by atoms with Crippen LogP contribution in [0.2, 0.25) is 0 Å². The molecule has 0 atom stereocenters. The molecule has 6 N–H and O–H groups in total. The van der Waals surface area contributed by atoms with E-state index in [-0.39, 0.29) is 0 Å². The minimum atomic E-state index is 0.624. The van der Waals surface area contributed by atoms with Gasteiger partial charge in [-0.1, -0.05) is 103 Å². The topological polar surface area (TPSA) is 76.1 Å². The van der Waals surface area contributed by atoms with Gasteiger partial charge in [0.25, 0.3) is 0 Å². The van der Waals surface area contributed by atoms with Gasteiger partial charge in [-0.15, -0.1) is 0 Å². The van der Waals surface area contributed by atoms with Crippen LogP contribution in [0.3, 0.4) is 0 Å². The van der Waals surface area contributed by atoms with E-state index in [9.17, 15) is 0 Å². The van der Waals surface area contributed by atoms with Crippen LogP contribution in [0.25, 0.3) is 0 Å². The van der Waals surface area contributed by atoms with Crippen LogP contribution in [0, 0.1) is 61.2 Å². The summed E-state index contributed by atoms with van der Waals surface area (Å²) in [6, 6.07) is 41.2. The first kappa shape index (κ1) is 48.0. The molecule has 0 aliphatic carbocycles. The number of nitrogens with two attached hydrogens (primary N) is 2. The van der Waals surface area contributed by atoms with Crippen molar-refractivity contribution in [1.29, 1.82) is 0 Å². The van der Waals surface area contributed by atoms with Gasteiger partial charge in [0.1, 0.15) is 0 Å². The van der Waals surface area contributed by atoms with Gasteiger partial charge in [-0.2, -0.15) is 0 Å². The summed E-state index contributed by atoms with van der Waals surface area (Å²) in [6.07, 6.45) is 3.41. The van der Waals surface area contributed by atoms with Gasteiger partial charge in [-0.05, 0) is 207 Å². The molecule has 312 valence electrons. The number of aryl methyl sites for hydroxylation is 2. The lowest BCUT2D eigenvalue weighted by molar-refractivity contribution is 0.897. The second kappa shape index (κ2) is 25.8. The maximum Gasteiger partial charge on any atom is 0.0263 e. The van der Waals surface area contributed by atoms with Gasteiger partial charge in [-0.25, -0.2) is 9.67 Å². The van der Waals surface area contributed by atoms with Crippen LogP contribution >= 0.6 is 55.4 Å². The zero-order chi connectivity index (χ0) is 44.1. The molecule has 0 bridgehead atoms. The van der Waals surface area contributed by atoms with Crippen molar-refractivity contribution in [2.75, 3.05) is 26.2 Å². The first-order valence-corrected chi connectivity index (χ1v) is 22.6. The maximum absolute atomic E-state index is 5.69. The van der Waals surface area contributed by atoms with Gasteiger partial charge in [-0.3, -0.25) is 0 Å². The first-order valence-electron chi connectivity index (χ1n) is 20.3. The Bertz CT molecular complexity index is 2560. The number of halogens is 4. The van der Waals surface area contributed by atoms with Crippen LogP contribution in [0.15, 0.2) is 130 Å². The number of nitrogens with one attached hydrogen (secondary N) is 2. The molecular weight excluding hydrogens is 935 g/mol. The van der Waals surface area contributed by atoms with E-state index in [0.29, 0.717) is 19.6 Å². The third kappa shape index (κ3) is 17.0. The van der Waals surface area contributed by atoms with Crippen molar-refractivity contribution >= 4 is 55.4 Å². The van der Waals surface area contributed by atoms with E-state index in [4.69, 9.17) is 35.0 Å². The van der Waals surface area contributed by atoms with Crippen LogP contribution in [-0.2, 0) is 25.7 Å². The summed E-state index contributed by atoms with van der Waals surface area (Å²) in [5.74, 6) is 26.1. The molecule has 62 heavy (non-hydrogen) atoms. The van der Waals surface area contributed by atoms with Crippen LogP contribution in [0.4, 0.5) is 0 Å². The monoisotopic (exact) mass is 980 g/mol. The van der Waals surface area contributed by atoms with E-state index in [1.165, 1.54) is 33.4 Å². The molecular formula is C54H48Br2Cl2N4. The van der Waals surface area contributed by atoms with E-state index in [2.05, 4.69) is 163 Å². The van der Waals surface area contributed by atoms with Gasteiger partial charge in [0.2, 0.25) is 0 Å². The number of hydrogen-bond acceptors (Lipinski definition) is 4. The van der Waals surface area contributed by atoms with E-state index in [0.717, 1.165) is 85.7 Å². The molecule has 0 heterocycles. The average Bonchev–Trinajstić information content (AvgIpc) is 3.25. The maximum atomic E-state index is 5.69. The minimum Gasteiger partial charge on any atom is -0.330 e. The summed E-state index contributed by atoms with van der Waals surface area (Å²) in [7, 11) is 0. The molecule has 0 amide bonds. The standard InChI is InChI=1S/C27H23BrCl2N2.C27H25BrN2/c1-20-13-23(16-25(14-20)9-11-31-29)7-5-21-3-2-4-22(15-21)6-8-24-17-26(10-12-32-30)19-27(28)18-24;1-20-13-23(16-25(14-20)9-11-29)7-5-21-3-2-4-22(15-21)6-8-24-17-26(10-12-30)19-27(28)18-24/h2-4,13-19,31-32H,9-12H2,1H3;2-4,13-19H,9-12,29-30H2,1H3. The molecule has 0 saturated heterocycles. The fourth-order valence-electron chi connectivity index (χ4n) is 6.53. The van der Waals surface area contributed by atoms with Crippen molar-refractivity contribution in [3.05, 3.63) is 208 Å². The summed E-state index contributed by atoms with van der Waals surface area (Å²) in [6.45, 7) is 6.86. The minimum absolute atomic E-state index is 0.624. The third-order valence-electron chi connectivity index (χ3n) is 9.20. The van der Waals surface area contributed by atoms with Crippen molar-refractivity contribution in [3.8, 4) is 47.4 Å². The highest BCUT2D eigenvalue weighted by atomic mass is 79.9. The van der Waals surface area contributed by atoms with Crippen LogP contribution in [-0.4, -0.2) is 26.2 Å². The largest absolute Gasteiger partial charge is 0.330 e.